The molecule has 0 atom stereocenters. The fraction of sp³-hybridized carbons (Fsp3) is 0.250. The molecule has 0 aliphatic heterocycles. The van der Waals surface area contributed by atoms with Crippen LogP contribution in [0.4, 0.5) is 13.2 Å². The molecule has 0 amide bonds. The van der Waals surface area contributed by atoms with Crippen LogP contribution in [0.15, 0.2) is 16.7 Å². The minimum atomic E-state index is -4.00. The molecule has 0 saturated heterocycles. The number of halogens is 4. The van der Waals surface area contributed by atoms with Gasteiger partial charge in [-0.15, -0.1) is 0 Å². The molecule has 1 N–H and O–H groups in total. The summed E-state index contributed by atoms with van der Waals surface area (Å²) in [4.78, 5) is 13.3. The third kappa shape index (κ3) is 2.92. The average molecular weight is 284 g/mol. The standard InChI is InChI=1S/C8H5BrF3NO2/c9-5-1-4(6(10)13-3-5)2-8(11,12)7(14)15/h1,3H,2H2,(H,14,15). The van der Waals surface area contributed by atoms with Gasteiger partial charge >= 0.3 is 11.9 Å². The third-order valence-electron chi connectivity index (χ3n) is 1.60. The van der Waals surface area contributed by atoms with Gasteiger partial charge in [-0.1, -0.05) is 0 Å². The number of alkyl halides is 2. The lowest BCUT2D eigenvalue weighted by Gasteiger charge is -2.11. The maximum Gasteiger partial charge on any atom is 0.374 e. The Labute approximate surface area is 91.1 Å². The second-order valence-electron chi connectivity index (χ2n) is 2.79. The first-order chi connectivity index (χ1) is 6.83. The molecule has 3 nitrogen and oxygen atoms in total. The number of aliphatic carboxylic acids is 1. The van der Waals surface area contributed by atoms with Crippen LogP contribution < -0.4 is 0 Å². The van der Waals surface area contributed by atoms with Gasteiger partial charge in [-0.2, -0.15) is 13.2 Å². The minimum Gasteiger partial charge on any atom is -0.477 e. The fourth-order valence-corrected chi connectivity index (χ4v) is 1.28. The highest BCUT2D eigenvalue weighted by Gasteiger charge is 2.39. The SMILES string of the molecule is O=C(O)C(F)(F)Cc1cc(Br)cnc1F. The zero-order valence-corrected chi connectivity index (χ0v) is 8.76. The Kier molecular flexibility index (Phi) is 3.33. The van der Waals surface area contributed by atoms with E-state index in [0.717, 1.165) is 12.3 Å². The van der Waals surface area contributed by atoms with E-state index in [9.17, 15) is 18.0 Å². The van der Waals surface area contributed by atoms with Gasteiger partial charge in [0.15, 0.2) is 0 Å². The summed E-state index contributed by atoms with van der Waals surface area (Å²) < 4.78 is 38.7. The number of nitrogens with zero attached hydrogens (tertiary/aromatic N) is 1. The van der Waals surface area contributed by atoms with Crippen molar-refractivity contribution in [3.63, 3.8) is 0 Å². The third-order valence-corrected chi connectivity index (χ3v) is 2.04. The largest absolute Gasteiger partial charge is 0.477 e. The Hall–Kier alpha value is -1.11. The van der Waals surface area contributed by atoms with Gasteiger partial charge in [-0.25, -0.2) is 9.78 Å². The Morgan fingerprint density at radius 1 is 1.60 bits per heavy atom. The monoisotopic (exact) mass is 283 g/mol. The summed E-state index contributed by atoms with van der Waals surface area (Å²) >= 11 is 2.92. The lowest BCUT2D eigenvalue weighted by Crippen LogP contribution is -2.31. The van der Waals surface area contributed by atoms with E-state index in [0.29, 0.717) is 4.47 Å². The predicted octanol–water partition coefficient (Wildman–Crippen LogP) is 2.25. The second kappa shape index (κ2) is 4.18. The maximum absolute atomic E-state index is 12.9. The van der Waals surface area contributed by atoms with Crippen molar-refractivity contribution in [2.24, 2.45) is 0 Å². The summed E-state index contributed by atoms with van der Waals surface area (Å²) in [6.07, 6.45) is -0.127. The Morgan fingerprint density at radius 3 is 2.73 bits per heavy atom. The number of pyridine rings is 1. The Morgan fingerprint density at radius 2 is 2.20 bits per heavy atom. The average Bonchev–Trinajstić information content (AvgIpc) is 2.10. The first-order valence-corrected chi connectivity index (χ1v) is 4.53. The van der Waals surface area contributed by atoms with Gasteiger partial charge in [0.25, 0.3) is 0 Å². The number of aromatic nitrogens is 1. The first kappa shape index (κ1) is 12.0. The van der Waals surface area contributed by atoms with Crippen LogP contribution in [0.2, 0.25) is 0 Å². The molecule has 0 fully saturated rings. The van der Waals surface area contributed by atoms with Crippen LogP contribution in [0.25, 0.3) is 0 Å². The van der Waals surface area contributed by atoms with Crippen molar-refractivity contribution in [3.8, 4) is 0 Å². The van der Waals surface area contributed by atoms with E-state index in [1.54, 1.807) is 0 Å². The van der Waals surface area contributed by atoms with Crippen LogP contribution in [-0.4, -0.2) is 22.0 Å². The highest BCUT2D eigenvalue weighted by molar-refractivity contribution is 9.10. The molecule has 1 heterocycles. The van der Waals surface area contributed by atoms with Crippen molar-refractivity contribution in [1.29, 1.82) is 0 Å². The van der Waals surface area contributed by atoms with Crippen molar-refractivity contribution < 1.29 is 23.1 Å². The molecule has 0 radical (unpaired) electrons. The maximum atomic E-state index is 12.9. The summed E-state index contributed by atoms with van der Waals surface area (Å²) in [5.41, 5.74) is -0.447. The molecule has 0 aliphatic carbocycles. The number of hydrogen-bond acceptors (Lipinski definition) is 2. The molecule has 0 spiro atoms. The normalized spacial score (nSPS) is 11.5. The van der Waals surface area contributed by atoms with Gasteiger partial charge in [0.2, 0.25) is 5.95 Å². The molecular weight excluding hydrogens is 279 g/mol. The highest BCUT2D eigenvalue weighted by atomic mass is 79.9. The Bertz CT molecular complexity index is 397. The molecule has 0 unspecified atom stereocenters. The summed E-state index contributed by atoms with van der Waals surface area (Å²) in [6, 6.07) is 1.07. The molecule has 1 aromatic heterocycles. The summed E-state index contributed by atoms with van der Waals surface area (Å²) in [5.74, 6) is -7.38. The minimum absolute atomic E-state index is 0.306. The van der Waals surface area contributed by atoms with Gasteiger partial charge in [-0.05, 0) is 22.0 Å². The van der Waals surface area contributed by atoms with E-state index >= 15 is 0 Å². The fourth-order valence-electron chi connectivity index (χ4n) is 0.903. The van der Waals surface area contributed by atoms with Crippen molar-refractivity contribution in [1.82, 2.24) is 4.98 Å². The molecule has 15 heavy (non-hydrogen) atoms. The van der Waals surface area contributed by atoms with E-state index in [2.05, 4.69) is 20.9 Å². The van der Waals surface area contributed by atoms with Gasteiger partial charge < -0.3 is 5.11 Å². The van der Waals surface area contributed by atoms with Crippen LogP contribution in [0.5, 0.6) is 0 Å². The summed E-state index contributed by atoms with van der Waals surface area (Å²) in [7, 11) is 0. The number of carbonyl (C=O) groups is 1. The lowest BCUT2D eigenvalue weighted by atomic mass is 10.1. The molecule has 0 bridgehead atoms. The zero-order valence-electron chi connectivity index (χ0n) is 7.18. The van der Waals surface area contributed by atoms with Gasteiger partial charge in [0.05, 0.1) is 6.42 Å². The second-order valence-corrected chi connectivity index (χ2v) is 3.71. The molecule has 1 aromatic rings. The van der Waals surface area contributed by atoms with Crippen molar-refractivity contribution in [2.75, 3.05) is 0 Å². The van der Waals surface area contributed by atoms with Crippen LogP contribution in [0, 0.1) is 5.95 Å². The number of carboxylic acid groups (broad SMARTS) is 1. The molecule has 7 heteroatoms. The molecule has 0 aromatic carbocycles. The van der Waals surface area contributed by atoms with E-state index < -0.39 is 29.8 Å². The smallest absolute Gasteiger partial charge is 0.374 e. The molecule has 0 saturated carbocycles. The van der Waals surface area contributed by atoms with E-state index in [1.165, 1.54) is 0 Å². The summed E-state index contributed by atoms with van der Waals surface area (Å²) in [6.45, 7) is 0. The highest BCUT2D eigenvalue weighted by Crippen LogP contribution is 2.23. The first-order valence-electron chi connectivity index (χ1n) is 3.74. The zero-order chi connectivity index (χ0) is 11.6. The van der Waals surface area contributed by atoms with Crippen LogP contribution in [-0.2, 0) is 11.2 Å². The van der Waals surface area contributed by atoms with Crippen molar-refractivity contribution >= 4 is 21.9 Å². The number of rotatable bonds is 3. The van der Waals surface area contributed by atoms with E-state index in [4.69, 9.17) is 5.11 Å². The molecule has 1 rings (SSSR count). The van der Waals surface area contributed by atoms with Gasteiger partial charge in [-0.3, -0.25) is 0 Å². The summed E-state index contributed by atoms with van der Waals surface area (Å²) in [5, 5.41) is 8.16. The molecule has 82 valence electrons. The van der Waals surface area contributed by atoms with Crippen molar-refractivity contribution in [2.45, 2.75) is 12.3 Å². The lowest BCUT2D eigenvalue weighted by molar-refractivity contribution is -0.164. The topological polar surface area (TPSA) is 50.2 Å². The van der Waals surface area contributed by atoms with E-state index in [-0.39, 0.29) is 0 Å². The van der Waals surface area contributed by atoms with Gasteiger partial charge in [0.1, 0.15) is 0 Å². The van der Waals surface area contributed by atoms with Gasteiger partial charge in [0, 0.05) is 16.2 Å². The molecular formula is C8H5BrF3NO2. The number of hydrogen-bond donors (Lipinski definition) is 1. The predicted molar refractivity (Wildman–Crippen MR) is 48.2 cm³/mol. The van der Waals surface area contributed by atoms with E-state index in [1.807, 2.05) is 0 Å². The Balaban J connectivity index is 2.99. The van der Waals surface area contributed by atoms with Crippen LogP contribution in [0.1, 0.15) is 5.56 Å². The molecule has 0 aliphatic rings. The van der Waals surface area contributed by atoms with Crippen LogP contribution in [0.3, 0.4) is 0 Å². The van der Waals surface area contributed by atoms with Crippen molar-refractivity contribution in [3.05, 3.63) is 28.2 Å². The number of carboxylic acids is 1. The van der Waals surface area contributed by atoms with Crippen LogP contribution >= 0.6 is 15.9 Å². The quantitative estimate of drug-likeness (QED) is 0.866.